The summed E-state index contributed by atoms with van der Waals surface area (Å²) in [4.78, 5) is 17.3. The second-order valence-electron chi connectivity index (χ2n) is 8.31. The zero-order valence-corrected chi connectivity index (χ0v) is 19.4. The van der Waals surface area contributed by atoms with Crippen molar-refractivity contribution in [3.8, 4) is 5.75 Å². The minimum Gasteiger partial charge on any atom is -0.493 e. The number of nitrogens with one attached hydrogen (secondary N) is 1. The van der Waals surface area contributed by atoms with Crippen molar-refractivity contribution in [3.05, 3.63) is 95.3 Å². The Hall–Kier alpha value is -3.60. The molecule has 0 spiro atoms. The largest absolute Gasteiger partial charge is 0.493 e. The van der Waals surface area contributed by atoms with Gasteiger partial charge in [-0.05, 0) is 62.1 Å². The Kier molecular flexibility index (Phi) is 7.40. The molecule has 5 heteroatoms. The third-order valence-corrected chi connectivity index (χ3v) is 5.86. The first-order chi connectivity index (χ1) is 16.1. The van der Waals surface area contributed by atoms with Crippen LogP contribution in [0.15, 0.2) is 72.8 Å². The number of carbonyl (C=O) groups excluding carboxylic acids is 1. The fraction of sp³-hybridized carbons (Fsp3) is 0.286. The van der Waals surface area contributed by atoms with Gasteiger partial charge in [-0.2, -0.15) is 0 Å². The third-order valence-electron chi connectivity index (χ3n) is 5.86. The fourth-order valence-electron chi connectivity index (χ4n) is 4.06. The quantitative estimate of drug-likeness (QED) is 0.331. The Bertz CT molecular complexity index is 1230. The molecule has 0 aliphatic heterocycles. The summed E-state index contributed by atoms with van der Waals surface area (Å²) in [6, 6.07) is 24.0. The van der Waals surface area contributed by atoms with E-state index in [4.69, 9.17) is 9.72 Å². The number of para-hydroxylation sites is 3. The van der Waals surface area contributed by atoms with Gasteiger partial charge < -0.3 is 14.6 Å². The minimum atomic E-state index is -0.0186. The smallest absolute Gasteiger partial charge is 0.251 e. The lowest BCUT2D eigenvalue weighted by Crippen LogP contribution is -2.25. The van der Waals surface area contributed by atoms with Crippen LogP contribution in [-0.4, -0.2) is 28.6 Å². The number of imidazole rings is 1. The van der Waals surface area contributed by atoms with E-state index in [1.54, 1.807) is 0 Å². The Morgan fingerprint density at radius 3 is 2.45 bits per heavy atom. The molecule has 4 aromatic rings. The first-order valence-corrected chi connectivity index (χ1v) is 11.6. The van der Waals surface area contributed by atoms with Gasteiger partial charge >= 0.3 is 0 Å². The summed E-state index contributed by atoms with van der Waals surface area (Å²) in [5.74, 6) is 1.98. The summed E-state index contributed by atoms with van der Waals surface area (Å²) in [6.07, 6.45) is 2.54. The highest BCUT2D eigenvalue weighted by Gasteiger charge is 2.11. The molecule has 0 unspecified atom stereocenters. The van der Waals surface area contributed by atoms with Gasteiger partial charge in [-0.25, -0.2) is 4.98 Å². The fourth-order valence-corrected chi connectivity index (χ4v) is 4.06. The van der Waals surface area contributed by atoms with Crippen molar-refractivity contribution in [2.75, 3.05) is 13.2 Å². The maximum absolute atomic E-state index is 12.5. The first-order valence-electron chi connectivity index (χ1n) is 11.6. The normalized spacial score (nSPS) is 11.0. The number of aryl methyl sites for hydroxylation is 4. The number of amides is 1. The molecule has 0 aliphatic carbocycles. The van der Waals surface area contributed by atoms with E-state index < -0.39 is 0 Å². The van der Waals surface area contributed by atoms with Gasteiger partial charge in [0, 0.05) is 25.1 Å². The third kappa shape index (κ3) is 5.61. The van der Waals surface area contributed by atoms with Crippen molar-refractivity contribution in [1.29, 1.82) is 0 Å². The Morgan fingerprint density at radius 1 is 0.909 bits per heavy atom. The van der Waals surface area contributed by atoms with Crippen molar-refractivity contribution < 1.29 is 9.53 Å². The summed E-state index contributed by atoms with van der Waals surface area (Å²) >= 11 is 0. The van der Waals surface area contributed by atoms with E-state index in [2.05, 4.69) is 41.1 Å². The molecule has 0 saturated heterocycles. The number of ether oxygens (including phenoxy) is 1. The number of hydrogen-bond acceptors (Lipinski definition) is 3. The zero-order chi connectivity index (χ0) is 23.0. The Balaban J connectivity index is 1.34. The summed E-state index contributed by atoms with van der Waals surface area (Å²) < 4.78 is 8.27. The van der Waals surface area contributed by atoms with E-state index in [1.807, 2.05) is 55.5 Å². The van der Waals surface area contributed by atoms with Gasteiger partial charge in [0.15, 0.2) is 0 Å². The van der Waals surface area contributed by atoms with E-state index in [-0.39, 0.29) is 5.91 Å². The lowest BCUT2D eigenvalue weighted by atomic mass is 10.1. The predicted molar refractivity (Wildman–Crippen MR) is 133 cm³/mol. The number of benzene rings is 3. The van der Waals surface area contributed by atoms with E-state index in [0.717, 1.165) is 65.1 Å². The van der Waals surface area contributed by atoms with Crippen LogP contribution in [0.2, 0.25) is 0 Å². The molecule has 0 atom stereocenters. The number of aromatic nitrogens is 2. The number of rotatable bonds is 10. The van der Waals surface area contributed by atoms with Crippen molar-refractivity contribution >= 4 is 16.9 Å². The molecule has 33 heavy (non-hydrogen) atoms. The predicted octanol–water partition coefficient (Wildman–Crippen LogP) is 5.48. The van der Waals surface area contributed by atoms with Crippen LogP contribution in [0.1, 0.15) is 40.2 Å². The molecule has 0 fully saturated rings. The molecule has 0 radical (unpaired) electrons. The molecule has 170 valence electrons. The SMILES string of the molecule is Cc1ccccc1OCCCn1c(CCCNC(=O)c2ccccc2C)nc2ccccc21. The van der Waals surface area contributed by atoms with Gasteiger partial charge in [0.1, 0.15) is 11.6 Å². The molecule has 5 nitrogen and oxygen atoms in total. The average molecular weight is 442 g/mol. The van der Waals surface area contributed by atoms with Crippen molar-refractivity contribution in [2.24, 2.45) is 0 Å². The highest BCUT2D eigenvalue weighted by atomic mass is 16.5. The molecule has 3 aromatic carbocycles. The average Bonchev–Trinajstić information content (AvgIpc) is 3.18. The number of hydrogen-bond donors (Lipinski definition) is 1. The maximum Gasteiger partial charge on any atom is 0.251 e. The number of fused-ring (bicyclic) bond motifs is 1. The molecule has 4 rings (SSSR count). The van der Waals surface area contributed by atoms with E-state index in [9.17, 15) is 4.79 Å². The maximum atomic E-state index is 12.5. The monoisotopic (exact) mass is 441 g/mol. The van der Waals surface area contributed by atoms with Crippen LogP contribution in [0.4, 0.5) is 0 Å². The van der Waals surface area contributed by atoms with Gasteiger partial charge in [-0.1, -0.05) is 48.5 Å². The van der Waals surface area contributed by atoms with Crippen LogP contribution in [0, 0.1) is 13.8 Å². The summed E-state index contributed by atoms with van der Waals surface area (Å²) in [5, 5.41) is 3.04. The highest BCUT2D eigenvalue weighted by molar-refractivity contribution is 5.95. The Labute approximate surface area is 195 Å². The van der Waals surface area contributed by atoms with Gasteiger partial charge in [0.2, 0.25) is 0 Å². The van der Waals surface area contributed by atoms with Crippen LogP contribution in [-0.2, 0) is 13.0 Å². The highest BCUT2D eigenvalue weighted by Crippen LogP contribution is 2.19. The standard InChI is InChI=1S/C28H31N3O2/c1-21-11-3-5-13-23(21)28(32)29-18-9-17-27-30-24-14-6-7-15-25(24)31(27)19-10-20-33-26-16-8-4-12-22(26)2/h3-8,11-16H,9-10,17-20H2,1-2H3,(H,29,32). The topological polar surface area (TPSA) is 56.1 Å². The number of nitrogens with zero attached hydrogens (tertiary/aromatic N) is 2. The van der Waals surface area contributed by atoms with Gasteiger partial charge in [-0.3, -0.25) is 4.79 Å². The van der Waals surface area contributed by atoms with Gasteiger partial charge in [-0.15, -0.1) is 0 Å². The Morgan fingerprint density at radius 2 is 1.64 bits per heavy atom. The van der Waals surface area contributed by atoms with E-state index in [1.165, 1.54) is 0 Å². The second-order valence-corrected chi connectivity index (χ2v) is 8.31. The van der Waals surface area contributed by atoms with E-state index >= 15 is 0 Å². The summed E-state index contributed by atoms with van der Waals surface area (Å²) in [7, 11) is 0. The van der Waals surface area contributed by atoms with Crippen molar-refractivity contribution in [2.45, 2.75) is 39.7 Å². The molecule has 0 aliphatic rings. The van der Waals surface area contributed by atoms with Crippen LogP contribution in [0.5, 0.6) is 5.75 Å². The second kappa shape index (κ2) is 10.8. The van der Waals surface area contributed by atoms with Crippen LogP contribution < -0.4 is 10.1 Å². The molecule has 1 heterocycles. The van der Waals surface area contributed by atoms with Crippen LogP contribution >= 0.6 is 0 Å². The lowest BCUT2D eigenvalue weighted by molar-refractivity contribution is 0.0952. The first kappa shape index (κ1) is 22.6. The van der Waals surface area contributed by atoms with Gasteiger partial charge in [0.25, 0.3) is 5.91 Å². The molecular weight excluding hydrogens is 410 g/mol. The lowest BCUT2D eigenvalue weighted by Gasteiger charge is -2.12. The minimum absolute atomic E-state index is 0.0186. The van der Waals surface area contributed by atoms with Crippen LogP contribution in [0.25, 0.3) is 11.0 Å². The molecule has 1 amide bonds. The molecule has 0 saturated carbocycles. The van der Waals surface area contributed by atoms with Crippen molar-refractivity contribution in [3.63, 3.8) is 0 Å². The van der Waals surface area contributed by atoms with E-state index in [0.29, 0.717) is 13.2 Å². The molecule has 0 bridgehead atoms. The molecular formula is C28H31N3O2. The van der Waals surface area contributed by atoms with Gasteiger partial charge in [0.05, 0.1) is 17.6 Å². The van der Waals surface area contributed by atoms with Crippen molar-refractivity contribution in [1.82, 2.24) is 14.9 Å². The molecule has 1 aromatic heterocycles. The zero-order valence-electron chi connectivity index (χ0n) is 19.4. The number of carbonyl (C=O) groups is 1. The molecule has 1 N–H and O–H groups in total. The summed E-state index contributed by atoms with van der Waals surface area (Å²) in [5.41, 5.74) is 5.03. The summed E-state index contributed by atoms with van der Waals surface area (Å²) in [6.45, 7) is 6.14. The van der Waals surface area contributed by atoms with Crippen LogP contribution in [0.3, 0.4) is 0 Å².